The summed E-state index contributed by atoms with van der Waals surface area (Å²) < 4.78 is 4.95. The lowest BCUT2D eigenvalue weighted by molar-refractivity contribution is 0.193. The molecule has 8 aromatic carbocycles. The van der Waals surface area contributed by atoms with Gasteiger partial charge in [0.2, 0.25) is 11.9 Å². The second-order valence-electron chi connectivity index (χ2n) is 18.7. The fourth-order valence-corrected chi connectivity index (χ4v) is 17.2. The van der Waals surface area contributed by atoms with Crippen LogP contribution in [0.2, 0.25) is 0 Å². The van der Waals surface area contributed by atoms with E-state index in [1.165, 1.54) is 65.8 Å². The van der Waals surface area contributed by atoms with Crippen molar-refractivity contribution in [1.29, 1.82) is 0 Å². The number of anilines is 2. The Bertz CT molecular complexity index is 3520. The van der Waals surface area contributed by atoms with Crippen LogP contribution in [0, 0.1) is 0 Å². The molecular weight excluding hydrogens is 821 g/mol. The van der Waals surface area contributed by atoms with Gasteiger partial charge in [-0.1, -0.05) is 190 Å². The Balaban J connectivity index is 1.12. The molecule has 0 spiro atoms. The molecule has 6 nitrogen and oxygen atoms in total. The van der Waals surface area contributed by atoms with Crippen molar-refractivity contribution < 1.29 is 0 Å². The number of fused-ring (bicyclic) bond motifs is 9. The highest BCUT2D eigenvalue weighted by Crippen LogP contribution is 2.60. The maximum Gasteiger partial charge on any atom is 0.257 e. The van der Waals surface area contributed by atoms with Crippen molar-refractivity contribution in [2.45, 2.75) is 50.5 Å². The van der Waals surface area contributed by atoms with Gasteiger partial charge < -0.3 is 9.13 Å². The molecule has 11 aromatic rings. The zero-order valence-corrected chi connectivity index (χ0v) is 38.1. The van der Waals surface area contributed by atoms with Crippen LogP contribution in [0.5, 0.6) is 0 Å². The third kappa shape index (κ3) is 5.38. The molecule has 13 rings (SSSR count). The number of para-hydroxylation sites is 5. The van der Waals surface area contributed by atoms with Crippen LogP contribution in [0.15, 0.2) is 206 Å². The molecule has 1 aliphatic heterocycles. The minimum absolute atomic E-state index is 0.0690. The largest absolute Gasteiger partial charge is 0.355 e. The molecule has 4 heterocycles. The minimum atomic E-state index is -3.18. The Morgan fingerprint density at radius 1 is 0.439 bits per heavy atom. The van der Waals surface area contributed by atoms with E-state index in [1.54, 1.807) is 0 Å². The van der Waals surface area contributed by atoms with Crippen molar-refractivity contribution in [2.24, 2.45) is 0 Å². The van der Waals surface area contributed by atoms with Crippen molar-refractivity contribution >= 4 is 79.0 Å². The first-order valence-corrected chi connectivity index (χ1v) is 25.3. The average Bonchev–Trinajstić information content (AvgIpc) is 3.97. The van der Waals surface area contributed by atoms with E-state index in [-0.39, 0.29) is 11.0 Å². The van der Waals surface area contributed by atoms with Gasteiger partial charge in [-0.05, 0) is 77.3 Å². The SMILES string of the molecule is CC12CCCCC1(C)N(c1nc(-c3cccc([Si](c4ccccc4)(c4ccccc4)n4c5ccccc5c5ccccc54)c3)nc(-n3c4ccccc4c4ccccc43)n1)c1ccccc12. The van der Waals surface area contributed by atoms with Crippen molar-refractivity contribution in [3.8, 4) is 17.3 Å². The van der Waals surface area contributed by atoms with E-state index in [1.807, 2.05) is 0 Å². The molecule has 1 saturated carbocycles. The van der Waals surface area contributed by atoms with Crippen molar-refractivity contribution in [1.82, 2.24) is 23.8 Å². The van der Waals surface area contributed by atoms with E-state index < -0.39 is 8.24 Å². The van der Waals surface area contributed by atoms with Gasteiger partial charge in [-0.25, -0.2) is 0 Å². The minimum Gasteiger partial charge on any atom is -0.355 e. The van der Waals surface area contributed by atoms with E-state index in [0.717, 1.165) is 35.9 Å². The topological polar surface area (TPSA) is 51.8 Å². The van der Waals surface area contributed by atoms with Crippen LogP contribution in [-0.4, -0.2) is 37.5 Å². The summed E-state index contributed by atoms with van der Waals surface area (Å²) in [6, 6.07) is 75.6. The van der Waals surface area contributed by atoms with Crippen molar-refractivity contribution in [3.63, 3.8) is 0 Å². The summed E-state index contributed by atoms with van der Waals surface area (Å²) in [7, 11) is -3.18. The first kappa shape index (κ1) is 38.8. The molecule has 1 fully saturated rings. The molecule has 7 heteroatoms. The van der Waals surface area contributed by atoms with Crippen LogP contribution in [0.25, 0.3) is 60.9 Å². The normalized spacial score (nSPS) is 18.3. The molecule has 2 atom stereocenters. The maximum absolute atomic E-state index is 5.65. The summed E-state index contributed by atoms with van der Waals surface area (Å²) in [4.78, 5) is 19.3. The Kier molecular flexibility index (Phi) is 8.65. The van der Waals surface area contributed by atoms with E-state index >= 15 is 0 Å². The molecule has 0 bridgehead atoms. The van der Waals surface area contributed by atoms with E-state index in [0.29, 0.717) is 17.7 Å². The average molecular weight is 869 g/mol. The molecule has 0 amide bonds. The summed E-state index contributed by atoms with van der Waals surface area (Å²) in [5.41, 5.74) is 7.78. The summed E-state index contributed by atoms with van der Waals surface area (Å²) >= 11 is 0. The van der Waals surface area contributed by atoms with Crippen molar-refractivity contribution in [2.75, 3.05) is 4.90 Å². The van der Waals surface area contributed by atoms with E-state index in [9.17, 15) is 0 Å². The molecule has 1 aliphatic carbocycles. The van der Waals surface area contributed by atoms with Gasteiger partial charge in [0.1, 0.15) is 0 Å². The third-order valence-corrected chi connectivity index (χ3v) is 20.1. The molecule has 2 aliphatic rings. The van der Waals surface area contributed by atoms with Crippen LogP contribution in [-0.2, 0) is 5.41 Å². The van der Waals surface area contributed by atoms with Crippen LogP contribution in [0.3, 0.4) is 0 Å². The van der Waals surface area contributed by atoms with Crippen LogP contribution in [0.4, 0.5) is 11.6 Å². The smallest absolute Gasteiger partial charge is 0.257 e. The maximum atomic E-state index is 5.65. The molecule has 3 aromatic heterocycles. The second kappa shape index (κ2) is 14.7. The van der Waals surface area contributed by atoms with Gasteiger partial charge in [-0.2, -0.15) is 15.0 Å². The Hall–Kier alpha value is -7.61. The van der Waals surface area contributed by atoms with E-state index in [4.69, 9.17) is 15.0 Å². The zero-order valence-electron chi connectivity index (χ0n) is 37.1. The van der Waals surface area contributed by atoms with Crippen LogP contribution in [0.1, 0.15) is 45.1 Å². The molecule has 318 valence electrons. The molecule has 2 unspecified atom stereocenters. The number of hydrogen-bond acceptors (Lipinski definition) is 4. The summed E-state index contributed by atoms with van der Waals surface area (Å²) in [6.45, 7) is 4.91. The molecular formula is C59H48N6Si. The van der Waals surface area contributed by atoms with E-state index in [2.05, 4.69) is 234 Å². The highest BCUT2D eigenvalue weighted by Gasteiger charge is 2.58. The number of aromatic nitrogens is 5. The monoisotopic (exact) mass is 868 g/mol. The Morgan fingerprint density at radius 2 is 0.924 bits per heavy atom. The van der Waals surface area contributed by atoms with Crippen LogP contribution < -0.4 is 20.5 Å². The Morgan fingerprint density at radius 3 is 1.55 bits per heavy atom. The lowest BCUT2D eigenvalue weighted by Crippen LogP contribution is -2.72. The highest BCUT2D eigenvalue weighted by atomic mass is 28.3. The fourth-order valence-electron chi connectivity index (χ4n) is 12.2. The van der Waals surface area contributed by atoms with Gasteiger partial charge in [-0.15, -0.1) is 0 Å². The van der Waals surface area contributed by atoms with Crippen LogP contribution >= 0.6 is 0 Å². The standard InChI is InChI=1S/C59H48N6Si/c1-58-38-19-20-39-59(58,2)64(54-37-18-13-32-49(54)58)57-61-55(60-56(62-57)63-50-33-14-9-28-45(50)46-29-10-15-34-51(46)63)41-22-21-27-44(40-41)66(42-23-5-3-6-24-42,43-25-7-4-8-26-43)65-52-35-16-11-30-47(52)48-31-12-17-36-53(48)65/h3-18,21-37,40H,19-20,38-39H2,1-2H3. The number of rotatable bonds is 7. The van der Waals surface area contributed by atoms with Gasteiger partial charge >= 0.3 is 0 Å². The predicted octanol–water partition coefficient (Wildman–Crippen LogP) is 12.0. The summed E-state index contributed by atoms with van der Waals surface area (Å²) in [6.07, 6.45) is 4.52. The first-order valence-electron chi connectivity index (χ1n) is 23.3. The molecule has 0 radical (unpaired) electrons. The summed E-state index contributed by atoms with van der Waals surface area (Å²) in [5.74, 6) is 1.94. The predicted molar refractivity (Wildman–Crippen MR) is 275 cm³/mol. The quantitative estimate of drug-likeness (QED) is 0.118. The fraction of sp³-hybridized carbons (Fsp3) is 0.136. The van der Waals surface area contributed by atoms with Gasteiger partial charge in [0.25, 0.3) is 8.24 Å². The summed E-state index contributed by atoms with van der Waals surface area (Å²) in [5, 5.41) is 8.66. The molecule has 0 N–H and O–H groups in total. The van der Waals surface area contributed by atoms with Gasteiger partial charge in [-0.3, -0.25) is 4.57 Å². The van der Waals surface area contributed by atoms with Gasteiger partial charge in [0.15, 0.2) is 5.82 Å². The second-order valence-corrected chi connectivity index (χ2v) is 22.3. The molecule has 66 heavy (non-hydrogen) atoms. The number of benzene rings is 8. The number of nitrogens with zero attached hydrogens (tertiary/aromatic N) is 6. The van der Waals surface area contributed by atoms with Gasteiger partial charge in [0, 0.05) is 49.2 Å². The van der Waals surface area contributed by atoms with Crippen molar-refractivity contribution in [3.05, 3.63) is 212 Å². The lowest BCUT2D eigenvalue weighted by atomic mass is 9.61. The number of hydrogen-bond donors (Lipinski definition) is 0. The Labute approximate surface area is 385 Å². The third-order valence-electron chi connectivity index (χ3n) is 15.4. The highest BCUT2D eigenvalue weighted by molar-refractivity contribution is 7.11. The zero-order chi connectivity index (χ0) is 44.0. The first-order chi connectivity index (χ1) is 32.5. The van der Waals surface area contributed by atoms with Gasteiger partial charge in [0.05, 0.1) is 16.6 Å². The molecule has 0 saturated heterocycles. The lowest BCUT2D eigenvalue weighted by Gasteiger charge is -2.49.